The maximum Gasteiger partial charge on any atom is 0.302 e. The lowest BCUT2D eigenvalue weighted by molar-refractivity contribution is -0.338. The fourth-order valence-corrected chi connectivity index (χ4v) is 2.25. The lowest BCUT2D eigenvalue weighted by atomic mass is 9.95. The highest BCUT2D eigenvalue weighted by Crippen LogP contribution is 2.24. The molecular formula is C15H20O4. The van der Waals surface area contributed by atoms with Crippen molar-refractivity contribution in [2.24, 2.45) is 0 Å². The van der Waals surface area contributed by atoms with Crippen LogP contribution >= 0.6 is 0 Å². The minimum atomic E-state index is -0.204. The number of hydrogen-bond acceptors (Lipinski definition) is 4. The van der Waals surface area contributed by atoms with Gasteiger partial charge in [0.25, 0.3) is 0 Å². The minimum absolute atomic E-state index is 0.0477. The van der Waals surface area contributed by atoms with Crippen LogP contribution in [0.15, 0.2) is 30.3 Å². The molecule has 19 heavy (non-hydrogen) atoms. The topological polar surface area (TPSA) is 44.8 Å². The van der Waals surface area contributed by atoms with Crippen LogP contribution in [-0.4, -0.2) is 18.2 Å². The van der Waals surface area contributed by atoms with Crippen LogP contribution < -0.4 is 0 Å². The van der Waals surface area contributed by atoms with Gasteiger partial charge < -0.3 is 4.74 Å². The number of carbonyl (C=O) groups is 1. The first-order chi connectivity index (χ1) is 9.24. The van der Waals surface area contributed by atoms with E-state index in [1.54, 1.807) is 0 Å². The highest BCUT2D eigenvalue weighted by molar-refractivity contribution is 5.66. The third-order valence-electron chi connectivity index (χ3n) is 3.23. The Labute approximate surface area is 113 Å². The summed E-state index contributed by atoms with van der Waals surface area (Å²) in [5, 5.41) is 0. The Hall–Kier alpha value is -1.39. The van der Waals surface area contributed by atoms with Gasteiger partial charge in [-0.25, -0.2) is 9.78 Å². The molecule has 0 bridgehead atoms. The largest absolute Gasteiger partial charge is 0.463 e. The van der Waals surface area contributed by atoms with Crippen molar-refractivity contribution < 1.29 is 19.3 Å². The number of ether oxygens (including phenoxy) is 1. The molecule has 2 rings (SSSR count). The number of carbonyl (C=O) groups excluding carboxylic acids is 1. The predicted molar refractivity (Wildman–Crippen MR) is 70.1 cm³/mol. The lowest BCUT2D eigenvalue weighted by Crippen LogP contribution is -2.27. The Kier molecular flexibility index (Phi) is 5.36. The zero-order valence-corrected chi connectivity index (χ0v) is 11.2. The third kappa shape index (κ3) is 5.01. The van der Waals surface area contributed by atoms with Crippen molar-refractivity contribution >= 4 is 5.97 Å². The summed E-state index contributed by atoms with van der Waals surface area (Å²) >= 11 is 0. The summed E-state index contributed by atoms with van der Waals surface area (Å²) in [6.45, 7) is 1.91. The molecule has 4 heteroatoms. The van der Waals surface area contributed by atoms with Gasteiger partial charge in [-0.3, -0.25) is 4.79 Å². The molecule has 0 amide bonds. The van der Waals surface area contributed by atoms with Crippen molar-refractivity contribution in [2.45, 2.75) is 51.4 Å². The second-order valence-corrected chi connectivity index (χ2v) is 4.85. The van der Waals surface area contributed by atoms with Crippen LogP contribution in [0.5, 0.6) is 0 Å². The van der Waals surface area contributed by atoms with E-state index in [0.29, 0.717) is 6.61 Å². The summed E-state index contributed by atoms with van der Waals surface area (Å²) in [5.74, 6) is -0.204. The summed E-state index contributed by atoms with van der Waals surface area (Å²) in [7, 11) is 0. The van der Waals surface area contributed by atoms with Gasteiger partial charge in [0.1, 0.15) is 12.7 Å². The van der Waals surface area contributed by atoms with Crippen molar-refractivity contribution in [1.29, 1.82) is 0 Å². The Morgan fingerprint density at radius 2 is 1.74 bits per heavy atom. The molecule has 0 heterocycles. The first-order valence-electron chi connectivity index (χ1n) is 6.73. The first kappa shape index (κ1) is 14.0. The van der Waals surface area contributed by atoms with Crippen LogP contribution in [0, 0.1) is 0 Å². The molecule has 1 aliphatic carbocycles. The Morgan fingerprint density at radius 1 is 1.11 bits per heavy atom. The molecule has 0 N–H and O–H groups in total. The average Bonchev–Trinajstić information content (AvgIpc) is 2.41. The van der Waals surface area contributed by atoms with E-state index in [2.05, 4.69) is 0 Å². The molecule has 1 saturated carbocycles. The third-order valence-corrected chi connectivity index (χ3v) is 3.23. The van der Waals surface area contributed by atoms with Gasteiger partial charge in [-0.05, 0) is 31.2 Å². The van der Waals surface area contributed by atoms with E-state index >= 15 is 0 Å². The van der Waals surface area contributed by atoms with E-state index in [4.69, 9.17) is 14.5 Å². The Bertz CT molecular complexity index is 382. The van der Waals surface area contributed by atoms with Crippen molar-refractivity contribution in [3.8, 4) is 0 Å². The number of esters is 1. The number of hydrogen-bond donors (Lipinski definition) is 0. The lowest BCUT2D eigenvalue weighted by Gasteiger charge is -2.27. The smallest absolute Gasteiger partial charge is 0.302 e. The summed E-state index contributed by atoms with van der Waals surface area (Å²) in [5.41, 5.74) is 1.09. The van der Waals surface area contributed by atoms with E-state index in [1.165, 1.54) is 6.92 Å². The summed E-state index contributed by atoms with van der Waals surface area (Å²) in [6.07, 6.45) is 3.58. The standard InChI is InChI=1S/C15H20O4/c1-12(16)18-14-7-9-15(10-8-14)19-17-11-13-5-3-2-4-6-13/h2-6,14-15H,7-11H2,1H3. The van der Waals surface area contributed by atoms with Crippen molar-refractivity contribution in [2.75, 3.05) is 0 Å². The molecule has 1 aliphatic rings. The zero-order valence-electron chi connectivity index (χ0n) is 11.2. The molecule has 1 aromatic rings. The van der Waals surface area contributed by atoms with Crippen LogP contribution in [0.1, 0.15) is 38.2 Å². The molecule has 0 spiro atoms. The van der Waals surface area contributed by atoms with E-state index < -0.39 is 0 Å². The molecule has 0 atom stereocenters. The van der Waals surface area contributed by atoms with Crippen LogP contribution in [0.4, 0.5) is 0 Å². The average molecular weight is 264 g/mol. The van der Waals surface area contributed by atoms with Gasteiger partial charge in [0.15, 0.2) is 0 Å². The summed E-state index contributed by atoms with van der Waals surface area (Å²) in [4.78, 5) is 21.5. The van der Waals surface area contributed by atoms with Crippen LogP contribution in [0.25, 0.3) is 0 Å². The molecule has 0 radical (unpaired) electrons. The maximum atomic E-state index is 10.8. The van der Waals surface area contributed by atoms with Crippen molar-refractivity contribution in [1.82, 2.24) is 0 Å². The van der Waals surface area contributed by atoms with Gasteiger partial charge in [-0.15, -0.1) is 0 Å². The summed E-state index contributed by atoms with van der Waals surface area (Å²) < 4.78 is 5.18. The SMILES string of the molecule is CC(=O)OC1CCC(OOCc2ccccc2)CC1. The predicted octanol–water partition coefficient (Wildman–Crippen LogP) is 3.01. The fraction of sp³-hybridized carbons (Fsp3) is 0.533. The monoisotopic (exact) mass is 264 g/mol. The highest BCUT2D eigenvalue weighted by atomic mass is 17.2. The minimum Gasteiger partial charge on any atom is -0.463 e. The molecular weight excluding hydrogens is 244 g/mol. The molecule has 1 aromatic carbocycles. The first-order valence-corrected chi connectivity index (χ1v) is 6.73. The van der Waals surface area contributed by atoms with Crippen molar-refractivity contribution in [3.05, 3.63) is 35.9 Å². The normalized spacial score (nSPS) is 23.0. The number of rotatable bonds is 5. The van der Waals surface area contributed by atoms with Crippen LogP contribution in [-0.2, 0) is 25.9 Å². The molecule has 4 nitrogen and oxygen atoms in total. The van der Waals surface area contributed by atoms with Crippen LogP contribution in [0.2, 0.25) is 0 Å². The second kappa shape index (κ2) is 7.26. The molecule has 1 fully saturated rings. The quantitative estimate of drug-likeness (QED) is 0.466. The highest BCUT2D eigenvalue weighted by Gasteiger charge is 2.24. The molecule has 0 aromatic heterocycles. The van der Waals surface area contributed by atoms with Gasteiger partial charge in [0.2, 0.25) is 0 Å². The molecule has 0 saturated heterocycles. The van der Waals surface area contributed by atoms with E-state index in [0.717, 1.165) is 31.2 Å². The van der Waals surface area contributed by atoms with Gasteiger partial charge in [0, 0.05) is 6.92 Å². The van der Waals surface area contributed by atoms with Gasteiger partial charge in [-0.2, -0.15) is 0 Å². The second-order valence-electron chi connectivity index (χ2n) is 4.85. The van der Waals surface area contributed by atoms with E-state index in [1.807, 2.05) is 30.3 Å². The van der Waals surface area contributed by atoms with Crippen molar-refractivity contribution in [3.63, 3.8) is 0 Å². The maximum absolute atomic E-state index is 10.8. The van der Waals surface area contributed by atoms with Crippen LogP contribution in [0.3, 0.4) is 0 Å². The fourth-order valence-electron chi connectivity index (χ4n) is 2.25. The Morgan fingerprint density at radius 3 is 2.37 bits per heavy atom. The van der Waals surface area contributed by atoms with E-state index in [-0.39, 0.29) is 18.2 Å². The van der Waals surface area contributed by atoms with E-state index in [9.17, 15) is 4.79 Å². The molecule has 0 unspecified atom stereocenters. The number of benzene rings is 1. The Balaban J connectivity index is 1.62. The van der Waals surface area contributed by atoms with Gasteiger partial charge >= 0.3 is 5.97 Å². The summed E-state index contributed by atoms with van der Waals surface area (Å²) in [6, 6.07) is 9.93. The zero-order chi connectivity index (χ0) is 13.5. The molecule has 0 aliphatic heterocycles. The van der Waals surface area contributed by atoms with Gasteiger partial charge in [-0.1, -0.05) is 30.3 Å². The van der Waals surface area contributed by atoms with Gasteiger partial charge in [0.05, 0.1) is 6.10 Å². The molecule has 104 valence electrons.